The number of nitrogens with two attached hydrogens (primary N) is 2. The van der Waals surface area contributed by atoms with Crippen LogP contribution in [0.1, 0.15) is 0 Å². The summed E-state index contributed by atoms with van der Waals surface area (Å²) < 4.78 is 5.63. The highest BCUT2D eigenvalue weighted by molar-refractivity contribution is 5.67. The van der Waals surface area contributed by atoms with Crippen LogP contribution in [0.5, 0.6) is 5.75 Å². The number of nitrogen functional groups attached to an aromatic ring is 2. The highest BCUT2D eigenvalue weighted by Crippen LogP contribution is 2.22. The first-order valence-corrected chi connectivity index (χ1v) is 7.63. The van der Waals surface area contributed by atoms with E-state index in [0.717, 1.165) is 17.0 Å². The molecule has 0 aliphatic rings. The Morgan fingerprint density at radius 1 is 0.917 bits per heavy atom. The lowest BCUT2D eigenvalue weighted by molar-refractivity contribution is 0.333. The molecule has 3 aromatic rings. The molecular formula is C18H19N5O. The molecule has 0 unspecified atom stereocenters. The van der Waals surface area contributed by atoms with E-state index >= 15 is 0 Å². The molecule has 6 nitrogen and oxygen atoms in total. The predicted molar refractivity (Wildman–Crippen MR) is 96.7 cm³/mol. The normalized spacial score (nSPS) is 10.3. The summed E-state index contributed by atoms with van der Waals surface area (Å²) in [6.07, 6.45) is 0. The monoisotopic (exact) mass is 321 g/mol. The number of ether oxygens (including phenoxy) is 1. The number of rotatable bonds is 6. The quantitative estimate of drug-likeness (QED) is 0.477. The van der Waals surface area contributed by atoms with Crippen LogP contribution in [0.4, 0.5) is 17.5 Å². The summed E-state index contributed by atoms with van der Waals surface area (Å²) in [6, 6.07) is 19.0. The molecule has 1 aromatic heterocycles. The zero-order valence-electron chi connectivity index (χ0n) is 13.1. The smallest absolute Gasteiger partial charge is 0.222 e. The lowest BCUT2D eigenvalue weighted by atomic mass is 10.1. The molecule has 122 valence electrons. The first kappa shape index (κ1) is 15.6. The van der Waals surface area contributed by atoms with Crippen molar-refractivity contribution in [2.75, 3.05) is 29.9 Å². The molecule has 0 aliphatic carbocycles. The van der Waals surface area contributed by atoms with Crippen molar-refractivity contribution in [1.29, 1.82) is 0 Å². The average molecular weight is 321 g/mol. The molecule has 0 saturated carbocycles. The number of nitrogens with one attached hydrogen (secondary N) is 1. The second-order valence-electron chi connectivity index (χ2n) is 5.21. The van der Waals surface area contributed by atoms with E-state index in [4.69, 9.17) is 16.2 Å². The third kappa shape index (κ3) is 4.13. The van der Waals surface area contributed by atoms with Gasteiger partial charge in [-0.25, -0.2) is 4.98 Å². The second kappa shape index (κ2) is 7.32. The van der Waals surface area contributed by atoms with E-state index in [1.165, 1.54) is 0 Å². The Morgan fingerprint density at radius 3 is 2.54 bits per heavy atom. The van der Waals surface area contributed by atoms with Crippen molar-refractivity contribution in [3.8, 4) is 17.0 Å². The summed E-state index contributed by atoms with van der Waals surface area (Å²) in [6.45, 7) is 1.11. The van der Waals surface area contributed by atoms with Gasteiger partial charge in [-0.3, -0.25) is 0 Å². The highest BCUT2D eigenvalue weighted by atomic mass is 16.5. The first-order valence-electron chi connectivity index (χ1n) is 7.63. The van der Waals surface area contributed by atoms with E-state index in [2.05, 4.69) is 15.3 Å². The molecule has 0 spiro atoms. The molecule has 0 aliphatic heterocycles. The molecule has 6 heteroatoms. The van der Waals surface area contributed by atoms with Gasteiger partial charge in [0.25, 0.3) is 0 Å². The molecule has 0 radical (unpaired) electrons. The summed E-state index contributed by atoms with van der Waals surface area (Å²) in [5.41, 5.74) is 13.9. The largest absolute Gasteiger partial charge is 0.492 e. The third-order valence-electron chi connectivity index (χ3n) is 3.35. The third-order valence-corrected chi connectivity index (χ3v) is 3.35. The number of hydrogen-bond acceptors (Lipinski definition) is 6. The van der Waals surface area contributed by atoms with Crippen LogP contribution in [-0.2, 0) is 0 Å². The van der Waals surface area contributed by atoms with Crippen LogP contribution in [0.25, 0.3) is 11.3 Å². The maximum Gasteiger partial charge on any atom is 0.222 e. The Hall–Kier alpha value is -3.28. The zero-order chi connectivity index (χ0) is 16.8. The molecule has 0 fully saturated rings. The van der Waals surface area contributed by atoms with Gasteiger partial charge in [0.05, 0.1) is 12.2 Å². The molecule has 3 rings (SSSR count). The van der Waals surface area contributed by atoms with E-state index in [-0.39, 0.29) is 5.95 Å². The van der Waals surface area contributed by atoms with Crippen molar-refractivity contribution >= 4 is 17.5 Å². The lowest BCUT2D eigenvalue weighted by Gasteiger charge is -2.10. The molecule has 0 atom stereocenters. The zero-order valence-corrected chi connectivity index (χ0v) is 13.1. The Bertz CT molecular complexity index is 808. The predicted octanol–water partition coefficient (Wildman–Crippen LogP) is 2.80. The van der Waals surface area contributed by atoms with Crippen molar-refractivity contribution in [1.82, 2.24) is 9.97 Å². The molecule has 5 N–H and O–H groups in total. The second-order valence-corrected chi connectivity index (χ2v) is 5.21. The molecule has 2 aromatic carbocycles. The van der Waals surface area contributed by atoms with E-state index in [1.807, 2.05) is 60.7 Å². The number of para-hydroxylation sites is 1. The van der Waals surface area contributed by atoms with Gasteiger partial charge in [0, 0.05) is 17.3 Å². The van der Waals surface area contributed by atoms with Gasteiger partial charge < -0.3 is 21.5 Å². The Kier molecular flexibility index (Phi) is 4.76. The van der Waals surface area contributed by atoms with Gasteiger partial charge in [0.2, 0.25) is 5.95 Å². The van der Waals surface area contributed by atoms with E-state index in [9.17, 15) is 0 Å². The summed E-state index contributed by atoms with van der Waals surface area (Å²) in [7, 11) is 0. The van der Waals surface area contributed by atoms with Gasteiger partial charge in [-0.15, -0.1) is 0 Å². The van der Waals surface area contributed by atoms with Crippen molar-refractivity contribution in [3.63, 3.8) is 0 Å². The summed E-state index contributed by atoms with van der Waals surface area (Å²) in [5, 5.41) is 3.19. The van der Waals surface area contributed by atoms with Gasteiger partial charge in [0.15, 0.2) is 0 Å². The van der Waals surface area contributed by atoms with Crippen LogP contribution < -0.4 is 21.5 Å². The number of benzene rings is 2. The van der Waals surface area contributed by atoms with Gasteiger partial charge in [-0.2, -0.15) is 4.98 Å². The minimum atomic E-state index is 0.210. The van der Waals surface area contributed by atoms with Gasteiger partial charge in [-0.1, -0.05) is 30.3 Å². The Morgan fingerprint density at radius 2 is 1.75 bits per heavy atom. The van der Waals surface area contributed by atoms with Crippen molar-refractivity contribution in [2.24, 2.45) is 0 Å². The summed E-state index contributed by atoms with van der Waals surface area (Å²) in [4.78, 5) is 8.46. The summed E-state index contributed by atoms with van der Waals surface area (Å²) in [5.74, 6) is 1.69. The first-order chi connectivity index (χ1) is 11.7. The maximum absolute atomic E-state index is 5.82. The SMILES string of the molecule is Nc1cccc(-c2cc(NCCOc3ccccc3)nc(N)n2)c1. The van der Waals surface area contributed by atoms with Gasteiger partial charge in [-0.05, 0) is 24.3 Å². The fourth-order valence-corrected chi connectivity index (χ4v) is 2.27. The van der Waals surface area contributed by atoms with Crippen molar-refractivity contribution in [2.45, 2.75) is 0 Å². The van der Waals surface area contributed by atoms with Crippen LogP contribution in [0.2, 0.25) is 0 Å². The minimum Gasteiger partial charge on any atom is -0.492 e. The molecular weight excluding hydrogens is 302 g/mol. The molecule has 1 heterocycles. The number of anilines is 3. The van der Waals surface area contributed by atoms with E-state index in [1.54, 1.807) is 0 Å². The maximum atomic E-state index is 5.82. The summed E-state index contributed by atoms with van der Waals surface area (Å²) >= 11 is 0. The molecule has 0 saturated heterocycles. The minimum absolute atomic E-state index is 0.210. The molecule has 0 amide bonds. The standard InChI is InChI=1S/C18H19N5O/c19-14-6-4-5-13(11-14)16-12-17(23-18(20)22-16)21-9-10-24-15-7-2-1-3-8-15/h1-8,11-12H,9-10,19H2,(H3,20,21,22,23). The van der Waals surface area contributed by atoms with Gasteiger partial charge >= 0.3 is 0 Å². The van der Waals surface area contributed by atoms with Crippen molar-refractivity contribution < 1.29 is 4.74 Å². The lowest BCUT2D eigenvalue weighted by Crippen LogP contribution is -2.13. The van der Waals surface area contributed by atoms with Crippen LogP contribution in [-0.4, -0.2) is 23.1 Å². The Labute approximate surface area is 140 Å². The topological polar surface area (TPSA) is 99.1 Å². The van der Waals surface area contributed by atoms with Crippen LogP contribution in [0.15, 0.2) is 60.7 Å². The fraction of sp³-hybridized carbons (Fsp3) is 0.111. The van der Waals surface area contributed by atoms with Crippen LogP contribution in [0.3, 0.4) is 0 Å². The average Bonchev–Trinajstić information content (AvgIpc) is 2.59. The van der Waals surface area contributed by atoms with Crippen LogP contribution in [0, 0.1) is 0 Å². The Balaban J connectivity index is 1.64. The fourth-order valence-electron chi connectivity index (χ4n) is 2.27. The van der Waals surface area contributed by atoms with Gasteiger partial charge in [0.1, 0.15) is 18.2 Å². The number of aromatic nitrogens is 2. The van der Waals surface area contributed by atoms with Crippen molar-refractivity contribution in [3.05, 3.63) is 60.7 Å². The highest BCUT2D eigenvalue weighted by Gasteiger charge is 2.05. The molecule has 0 bridgehead atoms. The van der Waals surface area contributed by atoms with E-state index < -0.39 is 0 Å². The number of nitrogens with zero attached hydrogens (tertiary/aromatic N) is 2. The van der Waals surface area contributed by atoms with Crippen LogP contribution >= 0.6 is 0 Å². The molecule has 24 heavy (non-hydrogen) atoms. The van der Waals surface area contributed by atoms with E-state index in [0.29, 0.717) is 24.7 Å². The number of hydrogen-bond donors (Lipinski definition) is 3.